The van der Waals surface area contributed by atoms with Crippen molar-refractivity contribution < 1.29 is 19.4 Å². The van der Waals surface area contributed by atoms with Gasteiger partial charge in [-0.25, -0.2) is 0 Å². The van der Waals surface area contributed by atoms with E-state index < -0.39 is 0 Å². The topological polar surface area (TPSA) is 120 Å². The van der Waals surface area contributed by atoms with Crippen LogP contribution in [0.1, 0.15) is 141 Å². The van der Waals surface area contributed by atoms with Crippen molar-refractivity contribution in [1.29, 1.82) is 0 Å². The van der Waals surface area contributed by atoms with Gasteiger partial charge in [0.15, 0.2) is 23.2 Å². The molecule has 5 N–H and O–H groups in total. The number of guanidine groups is 1. The lowest BCUT2D eigenvalue weighted by Gasteiger charge is -2.32. The Labute approximate surface area is 267 Å². The van der Waals surface area contributed by atoms with E-state index in [2.05, 4.69) is 31.8 Å². The second kappa shape index (κ2) is 19.8. The summed E-state index contributed by atoms with van der Waals surface area (Å²) in [5.74, 6) is 1.91. The Morgan fingerprint density at radius 3 is 2.41 bits per heavy atom. The van der Waals surface area contributed by atoms with E-state index in [-0.39, 0.29) is 35.4 Å². The lowest BCUT2D eigenvalue weighted by molar-refractivity contribution is -0.114. The number of benzene rings is 1. The summed E-state index contributed by atoms with van der Waals surface area (Å²) < 4.78 is 13.1. The largest absolute Gasteiger partial charge is 0.504 e. The number of aromatic hydroxyl groups is 1. The molecule has 2 aliphatic carbocycles. The quantitative estimate of drug-likeness (QED) is 0.0593. The highest BCUT2D eigenvalue weighted by atomic mass is 16.5. The van der Waals surface area contributed by atoms with Gasteiger partial charge in [-0.15, -0.1) is 0 Å². The molecule has 0 bridgehead atoms. The number of unbranched alkanes of at least 4 members (excludes halogenated alkanes) is 1. The first-order chi connectivity index (χ1) is 21.3. The smallest absolute Gasteiger partial charge is 0.185 e. The maximum atomic E-state index is 12.6. The lowest BCUT2D eigenvalue weighted by atomic mass is 9.78. The molecule has 2 fully saturated rings. The summed E-state index contributed by atoms with van der Waals surface area (Å²) in [6.07, 6.45) is 21.2. The van der Waals surface area contributed by atoms with Crippen LogP contribution in [-0.2, 0) is 16.0 Å². The third kappa shape index (κ3) is 12.8. The number of aryl methyl sites for hydroxylation is 1. The average Bonchev–Trinajstić information content (AvgIpc) is 3.52. The summed E-state index contributed by atoms with van der Waals surface area (Å²) in [7, 11) is 0. The second-order valence-corrected chi connectivity index (χ2v) is 13.6. The van der Waals surface area contributed by atoms with Gasteiger partial charge in [-0.3, -0.25) is 9.79 Å². The highest BCUT2D eigenvalue weighted by Crippen LogP contribution is 2.44. The number of hydrogen-bond donors (Lipinski definition) is 3. The van der Waals surface area contributed by atoms with Crippen LogP contribution in [0.3, 0.4) is 0 Å². The minimum atomic E-state index is 0.0891. The van der Waals surface area contributed by atoms with E-state index in [1.54, 1.807) is 6.08 Å². The van der Waals surface area contributed by atoms with E-state index in [0.717, 1.165) is 88.2 Å². The molecule has 0 saturated heterocycles. The molecule has 0 amide bonds. The van der Waals surface area contributed by atoms with Gasteiger partial charge in [-0.05, 0) is 106 Å². The highest BCUT2D eigenvalue weighted by Gasteiger charge is 2.30. The monoisotopic (exact) mass is 611 g/mol. The molecule has 2 atom stereocenters. The fourth-order valence-corrected chi connectivity index (χ4v) is 6.74. The summed E-state index contributed by atoms with van der Waals surface area (Å²) in [6, 6.07) is 4.13. The molecule has 0 radical (unpaired) electrons. The zero-order chi connectivity index (χ0) is 31.7. The van der Waals surface area contributed by atoms with Crippen molar-refractivity contribution >= 4 is 11.7 Å². The van der Waals surface area contributed by atoms with Crippen LogP contribution >= 0.6 is 0 Å². The lowest BCUT2D eigenvalue weighted by Crippen LogP contribution is -2.26. The molecule has 1 aromatic rings. The summed E-state index contributed by atoms with van der Waals surface area (Å²) in [6.45, 7) is 7.86. The van der Waals surface area contributed by atoms with Gasteiger partial charge in [0.05, 0.1) is 18.8 Å². The second-order valence-electron chi connectivity index (χ2n) is 13.6. The zero-order valence-electron chi connectivity index (χ0n) is 27.9. The number of phenols is 1. The molecule has 44 heavy (non-hydrogen) atoms. The van der Waals surface area contributed by atoms with Crippen molar-refractivity contribution in [2.75, 3.05) is 13.2 Å². The first-order valence-corrected chi connectivity index (χ1v) is 17.7. The number of hydrogen-bond acceptors (Lipinski definition) is 5. The van der Waals surface area contributed by atoms with Crippen LogP contribution in [0.5, 0.6) is 11.5 Å². The Hall–Kier alpha value is -2.54. The van der Waals surface area contributed by atoms with Crippen LogP contribution in [-0.4, -0.2) is 42.2 Å². The van der Waals surface area contributed by atoms with Crippen LogP contribution in [0.15, 0.2) is 29.3 Å². The van der Waals surface area contributed by atoms with Crippen molar-refractivity contribution in [1.82, 2.24) is 0 Å². The summed E-state index contributed by atoms with van der Waals surface area (Å²) in [5.41, 5.74) is 13.2. The van der Waals surface area contributed by atoms with Crippen molar-refractivity contribution in [2.24, 2.45) is 28.3 Å². The van der Waals surface area contributed by atoms with Crippen LogP contribution in [0.25, 0.3) is 0 Å². The zero-order valence-corrected chi connectivity index (χ0v) is 27.9. The standard InChI is InChI=1S/C37H61N3O4/c1-4-5-7-14-30(41)21-20-28-24-34(36(42)35(25-28)44-32-17-10-11-18-32)33(22-19-27(2)3)29(13-12-23-40-37(38)39)26-43-31-15-8-6-9-16-31/h7,14,24-25,27,29,31-33,42H,4-6,8-13,15-23,26H2,1-3H3,(H4,38,39,40). The van der Waals surface area contributed by atoms with Crippen LogP contribution in [0.4, 0.5) is 0 Å². The van der Waals surface area contributed by atoms with Crippen molar-refractivity contribution in [3.05, 3.63) is 35.4 Å². The van der Waals surface area contributed by atoms with Gasteiger partial charge >= 0.3 is 0 Å². The maximum absolute atomic E-state index is 12.6. The van der Waals surface area contributed by atoms with E-state index in [4.69, 9.17) is 20.9 Å². The number of nitrogens with two attached hydrogens (primary N) is 2. The fourth-order valence-electron chi connectivity index (χ4n) is 6.74. The van der Waals surface area contributed by atoms with Gasteiger partial charge in [-0.2, -0.15) is 0 Å². The fraction of sp³-hybridized carbons (Fsp3) is 0.730. The van der Waals surface area contributed by atoms with E-state index in [1.807, 2.05) is 12.1 Å². The first-order valence-electron chi connectivity index (χ1n) is 17.7. The Balaban J connectivity index is 1.95. The van der Waals surface area contributed by atoms with Gasteiger partial charge < -0.3 is 26.0 Å². The van der Waals surface area contributed by atoms with Crippen LogP contribution in [0.2, 0.25) is 0 Å². The number of nitrogens with zero attached hydrogens (tertiary/aromatic N) is 1. The molecular weight excluding hydrogens is 550 g/mol. The van der Waals surface area contributed by atoms with E-state index in [0.29, 0.717) is 43.8 Å². The number of carbonyl (C=O) groups is 1. The Morgan fingerprint density at radius 1 is 1.02 bits per heavy atom. The summed E-state index contributed by atoms with van der Waals surface area (Å²) in [5, 5.41) is 11.8. The van der Waals surface area contributed by atoms with Gasteiger partial charge in [-0.1, -0.05) is 65.0 Å². The number of ether oxygens (including phenoxy) is 2. The molecule has 2 aliphatic rings. The third-order valence-electron chi connectivity index (χ3n) is 9.33. The average molecular weight is 612 g/mol. The molecule has 7 nitrogen and oxygen atoms in total. The van der Waals surface area contributed by atoms with E-state index >= 15 is 0 Å². The molecule has 0 heterocycles. The number of phenolic OH excluding ortho intramolecular Hbond substituents is 1. The molecule has 2 unspecified atom stereocenters. The minimum Gasteiger partial charge on any atom is -0.504 e. The summed E-state index contributed by atoms with van der Waals surface area (Å²) >= 11 is 0. The van der Waals surface area contributed by atoms with Gasteiger partial charge in [0, 0.05) is 18.5 Å². The van der Waals surface area contributed by atoms with Crippen LogP contribution < -0.4 is 16.2 Å². The molecule has 0 spiro atoms. The van der Waals surface area contributed by atoms with E-state index in [9.17, 15) is 9.90 Å². The predicted octanol–water partition coefficient (Wildman–Crippen LogP) is 8.11. The molecule has 1 aromatic carbocycles. The maximum Gasteiger partial charge on any atom is 0.185 e. The number of rotatable bonds is 20. The van der Waals surface area contributed by atoms with Crippen molar-refractivity contribution in [2.45, 2.75) is 148 Å². The number of aliphatic imine (C=N–C) groups is 1. The third-order valence-corrected chi connectivity index (χ3v) is 9.33. The number of carbonyl (C=O) groups excluding carboxylic acids is 1. The highest BCUT2D eigenvalue weighted by molar-refractivity contribution is 5.89. The molecule has 0 aliphatic heterocycles. The molecule has 3 rings (SSSR count). The molecule has 7 heteroatoms. The Kier molecular flexibility index (Phi) is 16.1. The summed E-state index contributed by atoms with van der Waals surface area (Å²) in [4.78, 5) is 16.9. The van der Waals surface area contributed by atoms with Crippen molar-refractivity contribution in [3.63, 3.8) is 0 Å². The molecular formula is C37H61N3O4. The molecule has 2 saturated carbocycles. The Bertz CT molecular complexity index is 1040. The van der Waals surface area contributed by atoms with Gasteiger partial charge in [0.2, 0.25) is 0 Å². The van der Waals surface area contributed by atoms with Gasteiger partial charge in [0.1, 0.15) is 0 Å². The van der Waals surface area contributed by atoms with Crippen molar-refractivity contribution in [3.8, 4) is 11.5 Å². The number of allylic oxidation sites excluding steroid dienone is 2. The van der Waals surface area contributed by atoms with Crippen LogP contribution in [0, 0.1) is 11.8 Å². The molecule has 248 valence electrons. The Morgan fingerprint density at radius 2 is 1.73 bits per heavy atom. The van der Waals surface area contributed by atoms with E-state index in [1.165, 1.54) is 19.3 Å². The van der Waals surface area contributed by atoms with Gasteiger partial charge in [0.25, 0.3) is 0 Å². The SMILES string of the molecule is CCCC=CC(=O)CCc1cc(OC2CCCC2)c(O)c(C(CCC(C)C)C(CCCN=C(N)N)COC2CCCCC2)c1. The first kappa shape index (κ1) is 35.9. The normalized spacial score (nSPS) is 17.7. The molecule has 0 aromatic heterocycles. The minimum absolute atomic E-state index is 0.0891. The predicted molar refractivity (Wildman–Crippen MR) is 181 cm³/mol. The number of ketones is 1.